The number of hydrogen-bond donors (Lipinski definition) is 4. The number of nitrogens with zero attached hydrogens (tertiary/aromatic N) is 1. The van der Waals surface area contributed by atoms with Gasteiger partial charge in [0.15, 0.2) is 6.29 Å². The Kier molecular flexibility index (Phi) is 8.43. The lowest BCUT2D eigenvalue weighted by atomic mass is 9.96. The highest BCUT2D eigenvalue weighted by Gasteiger charge is 2.22. The van der Waals surface area contributed by atoms with Gasteiger partial charge in [-0.25, -0.2) is 0 Å². The van der Waals surface area contributed by atoms with Gasteiger partial charge in [0.2, 0.25) is 0 Å². The van der Waals surface area contributed by atoms with Crippen molar-refractivity contribution in [1.29, 1.82) is 0 Å². The van der Waals surface area contributed by atoms with Crippen LogP contribution in [0.1, 0.15) is 35.7 Å². The number of benzene rings is 2. The number of nitrogens with two attached hydrogens (primary N) is 3. The van der Waals surface area contributed by atoms with E-state index in [4.69, 9.17) is 17.2 Å². The number of likely N-dealkylation sites (tertiary alicyclic amines) is 1. The fraction of sp³-hybridized carbons (Fsp3) is 0.304. The predicted molar refractivity (Wildman–Crippen MR) is 122 cm³/mol. The van der Waals surface area contributed by atoms with Crippen LogP contribution in [0.4, 0.5) is 5.69 Å². The summed E-state index contributed by atoms with van der Waals surface area (Å²) < 4.78 is 0. The van der Waals surface area contributed by atoms with Crippen LogP contribution >= 0.6 is 0 Å². The van der Waals surface area contributed by atoms with Gasteiger partial charge in [-0.3, -0.25) is 9.59 Å². The number of nitrogens with one attached hydrogen (secondary N) is 1. The van der Waals surface area contributed by atoms with E-state index in [-0.39, 0.29) is 17.3 Å². The third-order valence-corrected chi connectivity index (χ3v) is 4.90. The molecule has 0 aliphatic carbocycles. The van der Waals surface area contributed by atoms with E-state index in [0.717, 1.165) is 37.2 Å². The minimum absolute atomic E-state index is 0.0208. The van der Waals surface area contributed by atoms with Crippen LogP contribution in [0.2, 0.25) is 0 Å². The lowest BCUT2D eigenvalue weighted by Crippen LogP contribution is -2.41. The fourth-order valence-electron chi connectivity index (χ4n) is 3.04. The van der Waals surface area contributed by atoms with Crippen LogP contribution in [0.5, 0.6) is 0 Å². The van der Waals surface area contributed by atoms with Crippen molar-refractivity contribution in [3.05, 3.63) is 59.3 Å². The largest absolute Gasteiger partial charge is 0.398 e. The van der Waals surface area contributed by atoms with Gasteiger partial charge in [-0.1, -0.05) is 37.3 Å². The molecule has 0 unspecified atom stereocenters. The number of allylic oxidation sites excluding steroid dienone is 1. The number of nitrogen functional groups attached to an aromatic ring is 1. The molecule has 1 saturated heterocycles. The molecule has 2 aromatic carbocycles. The Hall–Kier alpha value is -3.32. The summed E-state index contributed by atoms with van der Waals surface area (Å²) >= 11 is 0. The van der Waals surface area contributed by atoms with Crippen LogP contribution in [-0.2, 0) is 4.79 Å². The normalized spacial score (nSPS) is 13.5. The Labute approximate surface area is 177 Å². The number of para-hydroxylation sites is 1. The molecule has 0 bridgehead atoms. The minimum atomic E-state index is -0.0643. The molecule has 2 aromatic rings. The second-order valence-corrected chi connectivity index (χ2v) is 7.08. The average molecular weight is 410 g/mol. The van der Waals surface area contributed by atoms with Crippen LogP contribution < -0.4 is 22.5 Å². The first-order valence-electron chi connectivity index (χ1n) is 10.1. The van der Waals surface area contributed by atoms with E-state index in [1.807, 2.05) is 36.2 Å². The zero-order valence-electron chi connectivity index (χ0n) is 17.7. The molecule has 7 heteroatoms. The third kappa shape index (κ3) is 5.39. The summed E-state index contributed by atoms with van der Waals surface area (Å²) in [6.45, 7) is 4.89. The van der Waals surface area contributed by atoms with Crippen molar-refractivity contribution in [1.82, 2.24) is 10.2 Å². The van der Waals surface area contributed by atoms with E-state index in [9.17, 15) is 9.59 Å². The highest BCUT2D eigenvalue weighted by molar-refractivity contribution is 5.97. The molecule has 0 radical (unpaired) electrons. The van der Waals surface area contributed by atoms with Gasteiger partial charge < -0.3 is 27.4 Å². The van der Waals surface area contributed by atoms with Crippen molar-refractivity contribution in [3.63, 3.8) is 0 Å². The molecule has 0 aromatic heterocycles. The van der Waals surface area contributed by atoms with Crippen molar-refractivity contribution < 1.29 is 9.59 Å². The molecule has 3 rings (SSSR count). The zero-order chi connectivity index (χ0) is 22.1. The predicted octanol–water partition coefficient (Wildman–Crippen LogP) is 2.18. The lowest BCUT2D eigenvalue weighted by Gasteiger charge is -2.31. The first-order valence-corrected chi connectivity index (χ1v) is 10.1. The molecule has 1 aliphatic rings. The quantitative estimate of drug-likeness (QED) is 0.329. The van der Waals surface area contributed by atoms with Crippen LogP contribution in [0.25, 0.3) is 16.8 Å². The van der Waals surface area contributed by atoms with E-state index >= 15 is 0 Å². The summed E-state index contributed by atoms with van der Waals surface area (Å²) in [6, 6.07) is 12.7. The van der Waals surface area contributed by atoms with Crippen LogP contribution in [0.3, 0.4) is 0 Å². The monoisotopic (exact) mass is 409 g/mol. The molecule has 1 fully saturated rings. The molecule has 0 atom stereocenters. The molecule has 0 saturated carbocycles. The number of aldehydes is 1. The molecule has 7 N–H and O–H groups in total. The van der Waals surface area contributed by atoms with Crippen molar-refractivity contribution >= 4 is 23.6 Å². The molecule has 7 nitrogen and oxygen atoms in total. The van der Waals surface area contributed by atoms with Gasteiger partial charge in [-0.05, 0) is 44.1 Å². The zero-order valence-corrected chi connectivity index (χ0v) is 17.7. The molecule has 0 spiro atoms. The van der Waals surface area contributed by atoms with Gasteiger partial charge in [-0.15, -0.1) is 0 Å². The van der Waals surface area contributed by atoms with E-state index in [2.05, 4.69) is 12.2 Å². The smallest absolute Gasteiger partial charge is 0.253 e. The minimum Gasteiger partial charge on any atom is -0.398 e. The summed E-state index contributed by atoms with van der Waals surface area (Å²) in [5, 5.41) is 3.02. The first-order chi connectivity index (χ1) is 14.4. The number of carbonyl (C=O) groups excluding carboxylic acids is 2. The standard InChI is InChI=1S/C19H20N4O2.C4H11N/c20-16(11-24)18(22)15-7-2-6-14(17(15)21)12-4-1-5-13(10-12)19(25)23-8-3-9-23;1-3-4-5-2/h1-2,4-7,10-11H,3,8-9,20-22H2;5H,3-4H2,1-2H3/b18-16+;. The highest BCUT2D eigenvalue weighted by atomic mass is 16.2. The van der Waals surface area contributed by atoms with Crippen molar-refractivity contribution in [2.24, 2.45) is 11.5 Å². The maximum Gasteiger partial charge on any atom is 0.253 e. The number of anilines is 1. The maximum atomic E-state index is 12.4. The van der Waals surface area contributed by atoms with Crippen molar-refractivity contribution in [2.75, 3.05) is 32.4 Å². The average Bonchev–Trinajstić information content (AvgIpc) is 2.72. The van der Waals surface area contributed by atoms with Crippen molar-refractivity contribution in [2.45, 2.75) is 19.8 Å². The van der Waals surface area contributed by atoms with E-state index in [1.165, 1.54) is 6.42 Å². The van der Waals surface area contributed by atoms with Gasteiger partial charge in [0, 0.05) is 35.5 Å². The maximum absolute atomic E-state index is 12.4. The Balaban J connectivity index is 0.000000575. The van der Waals surface area contributed by atoms with Gasteiger partial charge in [0.1, 0.15) is 0 Å². The van der Waals surface area contributed by atoms with Gasteiger partial charge in [-0.2, -0.15) is 0 Å². The molecular formula is C23H31N5O2. The van der Waals surface area contributed by atoms with Gasteiger partial charge in [0.25, 0.3) is 5.91 Å². The third-order valence-electron chi connectivity index (χ3n) is 4.90. The van der Waals surface area contributed by atoms with Crippen LogP contribution in [0.15, 0.2) is 48.2 Å². The van der Waals surface area contributed by atoms with E-state index in [1.54, 1.807) is 18.2 Å². The fourth-order valence-corrected chi connectivity index (χ4v) is 3.04. The number of carbonyl (C=O) groups is 2. The van der Waals surface area contributed by atoms with Crippen molar-refractivity contribution in [3.8, 4) is 11.1 Å². The second-order valence-electron chi connectivity index (χ2n) is 7.08. The molecule has 1 aliphatic heterocycles. The second kappa shape index (κ2) is 11.0. The SMILES string of the molecule is CCCNC.N/C(C=O)=C(/N)c1cccc(-c2cccc(C(=O)N3CCC3)c2)c1N. The van der Waals surface area contributed by atoms with Gasteiger partial charge in [0.05, 0.1) is 11.4 Å². The molecule has 1 heterocycles. The number of amides is 1. The summed E-state index contributed by atoms with van der Waals surface area (Å²) in [4.78, 5) is 25.1. The molecular weight excluding hydrogens is 378 g/mol. The Morgan fingerprint density at radius 1 is 1.17 bits per heavy atom. The summed E-state index contributed by atoms with van der Waals surface area (Å²) in [5.74, 6) is 0.0208. The van der Waals surface area contributed by atoms with Gasteiger partial charge >= 0.3 is 0 Å². The Morgan fingerprint density at radius 3 is 2.40 bits per heavy atom. The Morgan fingerprint density at radius 2 is 1.87 bits per heavy atom. The summed E-state index contributed by atoms with van der Waals surface area (Å²) in [6.07, 6.45) is 2.77. The Bertz CT molecular complexity index is 918. The highest BCUT2D eigenvalue weighted by Crippen LogP contribution is 2.32. The number of rotatable bonds is 6. The molecule has 30 heavy (non-hydrogen) atoms. The summed E-state index contributed by atoms with van der Waals surface area (Å²) in [5.41, 5.74) is 20.9. The molecule has 1 amide bonds. The summed E-state index contributed by atoms with van der Waals surface area (Å²) in [7, 11) is 1.96. The topological polar surface area (TPSA) is 127 Å². The van der Waals surface area contributed by atoms with Crippen LogP contribution in [0, 0.1) is 0 Å². The van der Waals surface area contributed by atoms with Crippen LogP contribution in [-0.4, -0.2) is 43.8 Å². The lowest BCUT2D eigenvalue weighted by molar-refractivity contribution is -0.104. The number of hydrogen-bond acceptors (Lipinski definition) is 6. The van der Waals surface area contributed by atoms with E-state index in [0.29, 0.717) is 23.1 Å². The first kappa shape index (κ1) is 23.0. The van der Waals surface area contributed by atoms with E-state index < -0.39 is 0 Å². The molecule has 160 valence electrons.